The third-order valence-electron chi connectivity index (χ3n) is 2.81. The van der Waals surface area contributed by atoms with E-state index in [0.29, 0.717) is 21.3 Å². The Kier molecular flexibility index (Phi) is 5.41. The van der Waals surface area contributed by atoms with Gasteiger partial charge in [-0.15, -0.1) is 11.3 Å². The van der Waals surface area contributed by atoms with E-state index in [-0.39, 0.29) is 18.4 Å². The maximum Gasteiger partial charge on any atom is 0.261 e. The van der Waals surface area contributed by atoms with Gasteiger partial charge in [-0.25, -0.2) is 0 Å². The molecule has 0 spiro atoms. The Hall–Kier alpha value is -2.05. The fourth-order valence-corrected chi connectivity index (χ4v) is 2.73. The van der Waals surface area contributed by atoms with E-state index in [1.165, 1.54) is 18.4 Å². The summed E-state index contributed by atoms with van der Waals surface area (Å²) in [5.41, 5.74) is 0.459. The molecule has 0 aliphatic heterocycles. The molecule has 0 radical (unpaired) electrons. The maximum absolute atomic E-state index is 11.9. The molecule has 0 aliphatic rings. The summed E-state index contributed by atoms with van der Waals surface area (Å²) in [7, 11) is 1.50. The number of halogens is 1. The largest absolute Gasteiger partial charge is 0.495 e. The van der Waals surface area contributed by atoms with Crippen LogP contribution in [0.15, 0.2) is 30.3 Å². The number of carbonyl (C=O) groups excluding carboxylic acids is 2. The van der Waals surface area contributed by atoms with Crippen LogP contribution in [0.2, 0.25) is 5.02 Å². The number of rotatable bonds is 5. The van der Waals surface area contributed by atoms with E-state index in [0.717, 1.165) is 4.88 Å². The summed E-state index contributed by atoms with van der Waals surface area (Å²) in [6, 6.07) is 8.49. The molecule has 1 aromatic carbocycles. The molecule has 22 heavy (non-hydrogen) atoms. The first kappa shape index (κ1) is 16.3. The summed E-state index contributed by atoms with van der Waals surface area (Å²) in [6.07, 6.45) is 0. The van der Waals surface area contributed by atoms with Crippen LogP contribution in [0.1, 0.15) is 14.5 Å². The lowest BCUT2D eigenvalue weighted by molar-refractivity contribution is -0.115. The van der Waals surface area contributed by atoms with Crippen molar-refractivity contribution in [2.24, 2.45) is 0 Å². The van der Waals surface area contributed by atoms with E-state index in [4.69, 9.17) is 16.3 Å². The zero-order chi connectivity index (χ0) is 16.1. The molecule has 0 bridgehead atoms. The smallest absolute Gasteiger partial charge is 0.261 e. The Morgan fingerprint density at radius 1 is 1.27 bits per heavy atom. The average Bonchev–Trinajstić information content (AvgIpc) is 2.92. The minimum Gasteiger partial charge on any atom is -0.495 e. The predicted octanol–water partition coefficient (Wildman–Crippen LogP) is 3.09. The number of amides is 2. The Balaban J connectivity index is 1.93. The first-order valence-electron chi connectivity index (χ1n) is 6.47. The summed E-state index contributed by atoms with van der Waals surface area (Å²) < 4.78 is 5.14. The van der Waals surface area contributed by atoms with Gasteiger partial charge >= 0.3 is 0 Å². The van der Waals surface area contributed by atoms with Gasteiger partial charge in [0.15, 0.2) is 0 Å². The van der Waals surface area contributed by atoms with Crippen molar-refractivity contribution in [1.82, 2.24) is 5.32 Å². The molecular formula is C15H15ClN2O3S. The molecular weight excluding hydrogens is 324 g/mol. The van der Waals surface area contributed by atoms with Gasteiger partial charge in [0.1, 0.15) is 5.75 Å². The molecule has 116 valence electrons. The number of ether oxygens (including phenoxy) is 1. The van der Waals surface area contributed by atoms with Gasteiger partial charge in [-0.05, 0) is 37.3 Å². The van der Waals surface area contributed by atoms with Crippen molar-refractivity contribution in [3.05, 3.63) is 45.1 Å². The van der Waals surface area contributed by atoms with Crippen molar-refractivity contribution in [2.75, 3.05) is 19.0 Å². The van der Waals surface area contributed by atoms with Crippen LogP contribution >= 0.6 is 22.9 Å². The molecule has 1 aromatic heterocycles. The number of nitrogens with one attached hydrogen (secondary N) is 2. The van der Waals surface area contributed by atoms with Crippen LogP contribution < -0.4 is 15.4 Å². The van der Waals surface area contributed by atoms with Gasteiger partial charge in [0, 0.05) is 9.90 Å². The van der Waals surface area contributed by atoms with Gasteiger partial charge in [-0.1, -0.05) is 11.6 Å². The van der Waals surface area contributed by atoms with Gasteiger partial charge in [0.05, 0.1) is 24.2 Å². The highest BCUT2D eigenvalue weighted by atomic mass is 35.5. The van der Waals surface area contributed by atoms with E-state index in [9.17, 15) is 9.59 Å². The molecule has 0 saturated heterocycles. The lowest BCUT2D eigenvalue weighted by Gasteiger charge is -2.10. The minimum absolute atomic E-state index is 0.133. The van der Waals surface area contributed by atoms with Crippen molar-refractivity contribution in [2.45, 2.75) is 6.92 Å². The summed E-state index contributed by atoms with van der Waals surface area (Å²) >= 11 is 7.27. The topological polar surface area (TPSA) is 67.4 Å². The second kappa shape index (κ2) is 7.29. The summed E-state index contributed by atoms with van der Waals surface area (Å²) in [4.78, 5) is 25.4. The zero-order valence-electron chi connectivity index (χ0n) is 12.1. The fourth-order valence-electron chi connectivity index (χ4n) is 1.78. The third-order valence-corrected chi connectivity index (χ3v) is 4.04. The zero-order valence-corrected chi connectivity index (χ0v) is 13.7. The average molecular weight is 339 g/mol. The Morgan fingerprint density at radius 3 is 2.68 bits per heavy atom. The fraction of sp³-hybridized carbons (Fsp3) is 0.200. The molecule has 0 atom stereocenters. The van der Waals surface area contributed by atoms with E-state index < -0.39 is 0 Å². The Labute approximate surface area is 137 Å². The SMILES string of the molecule is COc1ccc(Cl)cc1NC(=O)CNC(=O)c1ccc(C)s1. The van der Waals surface area contributed by atoms with Gasteiger partial charge in [0.25, 0.3) is 5.91 Å². The summed E-state index contributed by atoms with van der Waals surface area (Å²) in [6.45, 7) is 1.78. The highest BCUT2D eigenvalue weighted by molar-refractivity contribution is 7.13. The number of thiophene rings is 1. The molecule has 2 N–H and O–H groups in total. The quantitative estimate of drug-likeness (QED) is 0.880. The van der Waals surface area contributed by atoms with Crippen LogP contribution in [-0.2, 0) is 4.79 Å². The summed E-state index contributed by atoms with van der Waals surface area (Å²) in [5.74, 6) is -0.133. The van der Waals surface area contributed by atoms with Gasteiger partial charge in [-0.2, -0.15) is 0 Å². The van der Waals surface area contributed by atoms with Crippen LogP contribution in [-0.4, -0.2) is 25.5 Å². The minimum atomic E-state index is -0.359. The van der Waals surface area contributed by atoms with Crippen molar-refractivity contribution >= 4 is 40.4 Å². The van der Waals surface area contributed by atoms with Crippen LogP contribution in [0.5, 0.6) is 5.75 Å². The molecule has 0 saturated carbocycles. The van der Waals surface area contributed by atoms with E-state index in [2.05, 4.69) is 10.6 Å². The van der Waals surface area contributed by atoms with E-state index in [1.807, 2.05) is 13.0 Å². The van der Waals surface area contributed by atoms with Gasteiger partial charge in [0.2, 0.25) is 5.91 Å². The predicted molar refractivity (Wildman–Crippen MR) is 88.0 cm³/mol. The van der Waals surface area contributed by atoms with Gasteiger partial charge in [-0.3, -0.25) is 9.59 Å². The first-order valence-corrected chi connectivity index (χ1v) is 7.67. The maximum atomic E-state index is 11.9. The van der Waals surface area contributed by atoms with Crippen LogP contribution in [0, 0.1) is 6.92 Å². The van der Waals surface area contributed by atoms with Crippen molar-refractivity contribution < 1.29 is 14.3 Å². The van der Waals surface area contributed by atoms with Crippen molar-refractivity contribution in [1.29, 1.82) is 0 Å². The standard InChI is InChI=1S/C15H15ClN2O3S/c1-9-3-6-13(22-9)15(20)17-8-14(19)18-11-7-10(16)4-5-12(11)21-2/h3-7H,8H2,1-2H3,(H,17,20)(H,18,19). The lowest BCUT2D eigenvalue weighted by atomic mass is 10.3. The molecule has 2 rings (SSSR count). The third kappa shape index (κ3) is 4.22. The molecule has 2 aromatic rings. The van der Waals surface area contributed by atoms with Crippen molar-refractivity contribution in [3.8, 4) is 5.75 Å². The second-order valence-electron chi connectivity index (χ2n) is 4.49. The molecule has 1 heterocycles. The first-order chi connectivity index (χ1) is 10.5. The highest BCUT2D eigenvalue weighted by Crippen LogP contribution is 2.27. The lowest BCUT2D eigenvalue weighted by Crippen LogP contribution is -2.32. The number of anilines is 1. The van der Waals surface area contributed by atoms with Crippen LogP contribution in [0.4, 0.5) is 5.69 Å². The van der Waals surface area contributed by atoms with Gasteiger partial charge < -0.3 is 15.4 Å². The number of benzene rings is 1. The molecule has 0 unspecified atom stereocenters. The number of aryl methyl sites for hydroxylation is 1. The molecule has 7 heteroatoms. The molecule has 5 nitrogen and oxygen atoms in total. The Morgan fingerprint density at radius 2 is 2.05 bits per heavy atom. The number of hydrogen-bond acceptors (Lipinski definition) is 4. The Bertz CT molecular complexity index is 700. The van der Waals surface area contributed by atoms with Crippen LogP contribution in [0.3, 0.4) is 0 Å². The number of methoxy groups -OCH3 is 1. The number of hydrogen-bond donors (Lipinski definition) is 2. The van der Waals surface area contributed by atoms with Crippen LogP contribution in [0.25, 0.3) is 0 Å². The molecule has 0 fully saturated rings. The van der Waals surface area contributed by atoms with E-state index in [1.54, 1.807) is 24.3 Å². The highest BCUT2D eigenvalue weighted by Gasteiger charge is 2.12. The molecule has 2 amide bonds. The van der Waals surface area contributed by atoms with Crippen molar-refractivity contribution in [3.63, 3.8) is 0 Å². The monoisotopic (exact) mass is 338 g/mol. The summed E-state index contributed by atoms with van der Waals surface area (Å²) in [5, 5.41) is 5.71. The normalized spacial score (nSPS) is 10.1. The molecule has 0 aliphatic carbocycles. The van der Waals surface area contributed by atoms with E-state index >= 15 is 0 Å². The second-order valence-corrected chi connectivity index (χ2v) is 6.21. The number of carbonyl (C=O) groups is 2.